The second-order valence-electron chi connectivity index (χ2n) is 7.19. The van der Waals surface area contributed by atoms with Crippen LogP contribution < -0.4 is 5.32 Å². The molecule has 5 heteroatoms. The quantitative estimate of drug-likeness (QED) is 0.931. The molecule has 23 heavy (non-hydrogen) atoms. The molecule has 0 spiro atoms. The maximum Gasteiger partial charge on any atom is 0.229 e. The Kier molecular flexibility index (Phi) is 5.42. The Balaban J connectivity index is 1.93. The second kappa shape index (κ2) is 7.13. The number of hydrogen-bond acceptors (Lipinski definition) is 3. The summed E-state index contributed by atoms with van der Waals surface area (Å²) >= 11 is 0. The molecule has 1 aromatic rings. The normalized spacial score (nSPS) is 16.3. The van der Waals surface area contributed by atoms with Crippen molar-refractivity contribution in [3.05, 3.63) is 29.8 Å². The Labute approximate surface area is 138 Å². The predicted molar refractivity (Wildman–Crippen MR) is 92.1 cm³/mol. The number of rotatable bonds is 3. The first-order valence-electron chi connectivity index (χ1n) is 8.14. The van der Waals surface area contributed by atoms with E-state index in [0.717, 1.165) is 38.4 Å². The van der Waals surface area contributed by atoms with Crippen molar-refractivity contribution in [1.82, 2.24) is 9.80 Å². The molecule has 0 aliphatic carbocycles. The van der Waals surface area contributed by atoms with E-state index in [2.05, 4.69) is 16.3 Å². The van der Waals surface area contributed by atoms with Crippen molar-refractivity contribution in [2.45, 2.75) is 34.2 Å². The van der Waals surface area contributed by atoms with Crippen LogP contribution in [0.15, 0.2) is 24.3 Å². The van der Waals surface area contributed by atoms with Crippen molar-refractivity contribution >= 4 is 17.5 Å². The summed E-state index contributed by atoms with van der Waals surface area (Å²) in [6, 6.07) is 7.99. The number of carbonyl (C=O) groups is 2. The smallest absolute Gasteiger partial charge is 0.229 e. The van der Waals surface area contributed by atoms with Crippen LogP contribution >= 0.6 is 0 Å². The molecule has 0 radical (unpaired) electrons. The van der Waals surface area contributed by atoms with Crippen LogP contribution in [0.1, 0.15) is 33.3 Å². The molecule has 0 unspecified atom stereocenters. The molecule has 1 N–H and O–H groups in total. The minimum Gasteiger partial charge on any atom is -0.340 e. The lowest BCUT2D eigenvalue weighted by atomic mass is 9.95. The standard InChI is InChI=1S/C18H27N3O2/c1-14(22)21-10-8-20(9-11-21)13-15-6-5-7-16(12-15)19-17(23)18(2,3)4/h5-7,12H,8-11,13H2,1-4H3,(H,19,23). The van der Waals surface area contributed by atoms with Gasteiger partial charge in [0.15, 0.2) is 0 Å². The Morgan fingerprint density at radius 2 is 1.78 bits per heavy atom. The number of anilines is 1. The molecular formula is C18H27N3O2. The maximum absolute atomic E-state index is 12.1. The van der Waals surface area contributed by atoms with Gasteiger partial charge in [0.05, 0.1) is 0 Å². The summed E-state index contributed by atoms with van der Waals surface area (Å²) in [7, 11) is 0. The highest BCUT2D eigenvalue weighted by molar-refractivity contribution is 5.94. The largest absolute Gasteiger partial charge is 0.340 e. The van der Waals surface area contributed by atoms with Crippen LogP contribution in [0.5, 0.6) is 0 Å². The first kappa shape index (κ1) is 17.5. The first-order valence-corrected chi connectivity index (χ1v) is 8.14. The van der Waals surface area contributed by atoms with Gasteiger partial charge in [-0.3, -0.25) is 14.5 Å². The van der Waals surface area contributed by atoms with E-state index < -0.39 is 5.41 Å². The van der Waals surface area contributed by atoms with E-state index in [4.69, 9.17) is 0 Å². The fraction of sp³-hybridized carbons (Fsp3) is 0.556. The number of nitrogens with zero attached hydrogens (tertiary/aromatic N) is 2. The van der Waals surface area contributed by atoms with Crippen molar-refractivity contribution in [2.75, 3.05) is 31.5 Å². The van der Waals surface area contributed by atoms with Crippen LogP contribution in [0.3, 0.4) is 0 Å². The van der Waals surface area contributed by atoms with Gasteiger partial charge in [-0.05, 0) is 17.7 Å². The van der Waals surface area contributed by atoms with Gasteiger partial charge in [-0.15, -0.1) is 0 Å². The van der Waals surface area contributed by atoms with Crippen molar-refractivity contribution in [3.8, 4) is 0 Å². The zero-order chi connectivity index (χ0) is 17.0. The van der Waals surface area contributed by atoms with Crippen molar-refractivity contribution in [1.29, 1.82) is 0 Å². The van der Waals surface area contributed by atoms with Crippen molar-refractivity contribution in [3.63, 3.8) is 0 Å². The summed E-state index contributed by atoms with van der Waals surface area (Å²) in [4.78, 5) is 27.7. The Hall–Kier alpha value is -1.88. The molecule has 0 atom stereocenters. The van der Waals surface area contributed by atoms with E-state index in [0.29, 0.717) is 0 Å². The molecule has 126 valence electrons. The molecule has 1 saturated heterocycles. The summed E-state index contributed by atoms with van der Waals surface area (Å²) in [6.07, 6.45) is 0. The fourth-order valence-corrected chi connectivity index (χ4v) is 2.55. The van der Waals surface area contributed by atoms with Gasteiger partial charge in [-0.2, -0.15) is 0 Å². The zero-order valence-electron chi connectivity index (χ0n) is 14.6. The molecule has 1 aliphatic heterocycles. The van der Waals surface area contributed by atoms with E-state index in [-0.39, 0.29) is 11.8 Å². The van der Waals surface area contributed by atoms with Gasteiger partial charge in [-0.25, -0.2) is 0 Å². The third kappa shape index (κ3) is 5.06. The highest BCUT2D eigenvalue weighted by Gasteiger charge is 2.21. The molecule has 1 heterocycles. The van der Waals surface area contributed by atoms with Gasteiger partial charge < -0.3 is 10.2 Å². The average Bonchev–Trinajstić information content (AvgIpc) is 2.47. The minimum absolute atomic E-state index is 0.0183. The van der Waals surface area contributed by atoms with E-state index in [1.165, 1.54) is 5.56 Å². The summed E-state index contributed by atoms with van der Waals surface area (Å²) in [5.41, 5.74) is 1.61. The van der Waals surface area contributed by atoms with Crippen LogP contribution in [0.2, 0.25) is 0 Å². The SMILES string of the molecule is CC(=O)N1CCN(Cc2cccc(NC(=O)C(C)(C)C)c2)CC1. The summed E-state index contributed by atoms with van der Waals surface area (Å²) in [6.45, 7) is 11.5. The monoisotopic (exact) mass is 317 g/mol. The molecular weight excluding hydrogens is 290 g/mol. The lowest BCUT2D eigenvalue weighted by Crippen LogP contribution is -2.47. The molecule has 0 aromatic heterocycles. The van der Waals surface area contributed by atoms with Crippen LogP contribution in [-0.2, 0) is 16.1 Å². The van der Waals surface area contributed by atoms with Crippen molar-refractivity contribution in [2.24, 2.45) is 5.41 Å². The third-order valence-corrected chi connectivity index (χ3v) is 4.09. The molecule has 1 aromatic carbocycles. The average molecular weight is 317 g/mol. The molecule has 0 saturated carbocycles. The van der Waals surface area contributed by atoms with Crippen LogP contribution in [-0.4, -0.2) is 47.8 Å². The van der Waals surface area contributed by atoms with Gasteiger partial charge in [0.2, 0.25) is 11.8 Å². The van der Waals surface area contributed by atoms with Gasteiger partial charge in [-0.1, -0.05) is 32.9 Å². The molecule has 0 bridgehead atoms. The Morgan fingerprint density at radius 1 is 1.13 bits per heavy atom. The number of hydrogen-bond donors (Lipinski definition) is 1. The number of piperazine rings is 1. The first-order chi connectivity index (χ1) is 10.8. The summed E-state index contributed by atoms with van der Waals surface area (Å²) < 4.78 is 0. The number of benzene rings is 1. The number of amides is 2. The van der Waals surface area contributed by atoms with Gasteiger partial charge >= 0.3 is 0 Å². The molecule has 5 nitrogen and oxygen atoms in total. The maximum atomic E-state index is 12.1. The van der Waals surface area contributed by atoms with Gasteiger partial charge in [0.1, 0.15) is 0 Å². The number of nitrogens with one attached hydrogen (secondary N) is 1. The van der Waals surface area contributed by atoms with Crippen molar-refractivity contribution < 1.29 is 9.59 Å². The highest BCUT2D eigenvalue weighted by atomic mass is 16.2. The predicted octanol–water partition coefficient (Wildman–Crippen LogP) is 2.34. The lowest BCUT2D eigenvalue weighted by Gasteiger charge is -2.34. The minimum atomic E-state index is -0.404. The highest BCUT2D eigenvalue weighted by Crippen LogP contribution is 2.19. The van der Waals surface area contributed by atoms with Gasteiger partial charge in [0.25, 0.3) is 0 Å². The topological polar surface area (TPSA) is 52.7 Å². The zero-order valence-corrected chi connectivity index (χ0v) is 14.6. The van der Waals surface area contributed by atoms with Crippen LogP contribution in [0.25, 0.3) is 0 Å². The van der Waals surface area contributed by atoms with Crippen LogP contribution in [0.4, 0.5) is 5.69 Å². The third-order valence-electron chi connectivity index (χ3n) is 4.09. The van der Waals surface area contributed by atoms with Crippen LogP contribution in [0, 0.1) is 5.41 Å². The summed E-state index contributed by atoms with van der Waals surface area (Å²) in [5, 5.41) is 2.97. The molecule has 2 rings (SSSR count). The molecule has 1 fully saturated rings. The Morgan fingerprint density at radius 3 is 2.35 bits per heavy atom. The molecule has 2 amide bonds. The Bertz CT molecular complexity index is 570. The number of carbonyl (C=O) groups excluding carboxylic acids is 2. The van der Waals surface area contributed by atoms with E-state index in [1.54, 1.807) is 6.92 Å². The summed E-state index contributed by atoms with van der Waals surface area (Å²) in [5.74, 6) is 0.168. The molecule has 1 aliphatic rings. The van der Waals surface area contributed by atoms with E-state index >= 15 is 0 Å². The van der Waals surface area contributed by atoms with E-state index in [1.807, 2.05) is 43.9 Å². The lowest BCUT2D eigenvalue weighted by molar-refractivity contribution is -0.130. The van der Waals surface area contributed by atoms with Gasteiger partial charge in [0, 0.05) is 50.7 Å². The van der Waals surface area contributed by atoms with E-state index in [9.17, 15) is 9.59 Å². The second-order valence-corrected chi connectivity index (χ2v) is 7.19. The fourth-order valence-electron chi connectivity index (χ4n) is 2.55.